The third-order valence-corrected chi connectivity index (χ3v) is 6.10. The largest absolute Gasteiger partial charge is 0.397 e. The van der Waals surface area contributed by atoms with E-state index in [1.165, 1.54) is 25.0 Å². The first-order valence-corrected chi connectivity index (χ1v) is 10.5. The van der Waals surface area contributed by atoms with Gasteiger partial charge in [0.15, 0.2) is 0 Å². The van der Waals surface area contributed by atoms with E-state index in [0.29, 0.717) is 17.3 Å². The summed E-state index contributed by atoms with van der Waals surface area (Å²) in [5, 5.41) is 3.65. The minimum absolute atomic E-state index is 0.0815. The van der Waals surface area contributed by atoms with Crippen molar-refractivity contribution >= 4 is 33.3 Å². The summed E-state index contributed by atoms with van der Waals surface area (Å²) in [5.41, 5.74) is 8.99. The molecule has 5 rings (SSSR count). The Labute approximate surface area is 178 Å². The molecule has 1 atom stereocenters. The second kappa shape index (κ2) is 7.70. The first-order valence-electron chi connectivity index (χ1n) is 10.5. The van der Waals surface area contributed by atoms with Crippen LogP contribution in [-0.4, -0.2) is 41.6 Å². The highest BCUT2D eigenvalue weighted by molar-refractivity contribution is 5.98. The minimum atomic E-state index is -0.482. The van der Waals surface area contributed by atoms with Gasteiger partial charge in [-0.1, -0.05) is 6.07 Å². The van der Waals surface area contributed by atoms with Crippen molar-refractivity contribution < 1.29 is 4.39 Å². The second-order valence-electron chi connectivity index (χ2n) is 8.28. The van der Waals surface area contributed by atoms with E-state index in [2.05, 4.69) is 32.2 Å². The summed E-state index contributed by atoms with van der Waals surface area (Å²) in [4.78, 5) is 25.4. The monoisotopic (exact) mass is 420 g/mol. The minimum Gasteiger partial charge on any atom is -0.397 e. The van der Waals surface area contributed by atoms with Crippen molar-refractivity contribution in [2.24, 2.45) is 5.92 Å². The third-order valence-electron chi connectivity index (χ3n) is 6.10. The van der Waals surface area contributed by atoms with Crippen molar-refractivity contribution in [3.63, 3.8) is 0 Å². The van der Waals surface area contributed by atoms with Crippen molar-refractivity contribution in [1.29, 1.82) is 0 Å². The van der Waals surface area contributed by atoms with Crippen LogP contribution in [0.2, 0.25) is 0 Å². The summed E-state index contributed by atoms with van der Waals surface area (Å²) < 4.78 is 14.4. The fraction of sp³-hybridized carbons (Fsp3) is 0.304. The zero-order valence-electron chi connectivity index (χ0n) is 17.3. The highest BCUT2D eigenvalue weighted by atomic mass is 19.1. The van der Waals surface area contributed by atoms with Crippen molar-refractivity contribution in [3.05, 3.63) is 52.6 Å². The van der Waals surface area contributed by atoms with Gasteiger partial charge in [-0.3, -0.25) is 4.79 Å². The Hall–Kier alpha value is -3.39. The molecule has 0 radical (unpaired) electrons. The Morgan fingerprint density at radius 3 is 2.90 bits per heavy atom. The number of nitrogens with zero attached hydrogens (tertiary/aromatic N) is 2. The molecule has 1 saturated heterocycles. The average Bonchev–Trinajstić information content (AvgIpc) is 3.17. The predicted octanol–water partition coefficient (Wildman–Crippen LogP) is 3.23. The van der Waals surface area contributed by atoms with Crippen LogP contribution < -0.4 is 21.5 Å². The number of nitrogens with one attached hydrogen (secondary N) is 3. The van der Waals surface area contributed by atoms with Crippen LogP contribution in [0.25, 0.3) is 33.3 Å². The molecule has 7 nitrogen and oxygen atoms in total. The summed E-state index contributed by atoms with van der Waals surface area (Å²) in [6.45, 7) is 3.11. The standard InChI is InChI=1S/C23H25FN6O/c1-30(12-13-4-3-9-26-11-13)14-7-8-16-18(10-14)28-22(27-16)20-21(25)19-15(24)5-2-6-17(19)29-23(20)31/h2,5-8,10,13,26H,3-4,9,11-12H2,1H3,(H,27,28)(H3,25,29,31). The van der Waals surface area contributed by atoms with Crippen LogP contribution in [-0.2, 0) is 0 Å². The van der Waals surface area contributed by atoms with Crippen LogP contribution in [0, 0.1) is 11.7 Å². The molecule has 160 valence electrons. The Morgan fingerprint density at radius 2 is 2.10 bits per heavy atom. The molecule has 0 saturated carbocycles. The lowest BCUT2D eigenvalue weighted by Gasteiger charge is -2.28. The van der Waals surface area contributed by atoms with Crippen LogP contribution in [0.1, 0.15) is 12.8 Å². The number of piperidine rings is 1. The molecule has 1 aliphatic rings. The van der Waals surface area contributed by atoms with Gasteiger partial charge < -0.3 is 25.9 Å². The van der Waals surface area contributed by atoms with Gasteiger partial charge >= 0.3 is 0 Å². The van der Waals surface area contributed by atoms with E-state index in [4.69, 9.17) is 5.73 Å². The van der Waals surface area contributed by atoms with Gasteiger partial charge in [-0.2, -0.15) is 0 Å². The molecular formula is C23H25FN6O. The molecule has 3 heterocycles. The second-order valence-corrected chi connectivity index (χ2v) is 8.28. The molecule has 0 amide bonds. The SMILES string of the molecule is CN(CC1CCCNC1)c1ccc2[nH]c(-c3c(N)c4c(F)cccc4[nH]c3=O)nc2c1. The summed E-state index contributed by atoms with van der Waals surface area (Å²) in [6.07, 6.45) is 2.44. The Kier molecular flexibility index (Phi) is 4.86. The maximum atomic E-state index is 14.4. The van der Waals surface area contributed by atoms with Gasteiger partial charge in [0.2, 0.25) is 0 Å². The van der Waals surface area contributed by atoms with Gasteiger partial charge in [-0.25, -0.2) is 9.37 Å². The summed E-state index contributed by atoms with van der Waals surface area (Å²) in [7, 11) is 2.08. The van der Waals surface area contributed by atoms with Crippen LogP contribution >= 0.6 is 0 Å². The number of anilines is 2. The highest BCUT2D eigenvalue weighted by Gasteiger charge is 2.19. The molecule has 1 unspecified atom stereocenters. The number of aromatic nitrogens is 3. The van der Waals surface area contributed by atoms with E-state index in [-0.39, 0.29) is 16.6 Å². The Bertz CT molecular complexity index is 1320. The van der Waals surface area contributed by atoms with Gasteiger partial charge in [-0.05, 0) is 62.2 Å². The van der Waals surface area contributed by atoms with E-state index in [1.807, 2.05) is 18.2 Å². The number of hydrogen-bond acceptors (Lipinski definition) is 5. The van der Waals surface area contributed by atoms with Gasteiger partial charge in [0.05, 0.1) is 27.6 Å². The van der Waals surface area contributed by atoms with Crippen molar-refractivity contribution in [3.8, 4) is 11.4 Å². The van der Waals surface area contributed by atoms with Gasteiger partial charge in [-0.15, -0.1) is 0 Å². The topological polar surface area (TPSA) is 103 Å². The Balaban J connectivity index is 1.52. The number of benzene rings is 2. The van der Waals surface area contributed by atoms with Gasteiger partial charge in [0.1, 0.15) is 17.2 Å². The smallest absolute Gasteiger partial charge is 0.261 e. The molecule has 0 spiro atoms. The fourth-order valence-electron chi connectivity index (χ4n) is 4.49. The number of imidazole rings is 1. The summed E-state index contributed by atoms with van der Waals surface area (Å²) in [5.74, 6) is 0.468. The van der Waals surface area contributed by atoms with E-state index < -0.39 is 11.4 Å². The number of nitrogens with two attached hydrogens (primary N) is 1. The third kappa shape index (κ3) is 3.53. The molecule has 1 aliphatic heterocycles. The zero-order chi connectivity index (χ0) is 21.5. The summed E-state index contributed by atoms with van der Waals surface area (Å²) in [6, 6.07) is 10.5. The molecule has 8 heteroatoms. The zero-order valence-corrected chi connectivity index (χ0v) is 17.3. The predicted molar refractivity (Wildman–Crippen MR) is 123 cm³/mol. The lowest BCUT2D eigenvalue weighted by Crippen LogP contribution is -2.36. The van der Waals surface area contributed by atoms with Gasteiger partial charge in [0, 0.05) is 19.3 Å². The molecule has 0 bridgehead atoms. The molecule has 0 aliphatic carbocycles. The highest BCUT2D eigenvalue weighted by Crippen LogP contribution is 2.30. The molecule has 2 aromatic carbocycles. The van der Waals surface area contributed by atoms with Crippen molar-refractivity contribution in [2.45, 2.75) is 12.8 Å². The number of hydrogen-bond donors (Lipinski definition) is 4. The van der Waals surface area contributed by atoms with E-state index in [9.17, 15) is 9.18 Å². The lowest BCUT2D eigenvalue weighted by atomic mass is 9.99. The first-order chi connectivity index (χ1) is 15.0. The van der Waals surface area contributed by atoms with E-state index in [0.717, 1.165) is 36.4 Å². The molecule has 1 fully saturated rings. The molecule has 5 N–H and O–H groups in total. The number of rotatable bonds is 4. The van der Waals surface area contributed by atoms with Crippen LogP contribution in [0.15, 0.2) is 41.2 Å². The van der Waals surface area contributed by atoms with Gasteiger partial charge in [0.25, 0.3) is 5.56 Å². The van der Waals surface area contributed by atoms with Crippen LogP contribution in [0.3, 0.4) is 0 Å². The molecular weight excluding hydrogens is 395 g/mol. The Morgan fingerprint density at radius 1 is 1.23 bits per heavy atom. The van der Waals surface area contributed by atoms with E-state index in [1.54, 1.807) is 6.07 Å². The fourth-order valence-corrected chi connectivity index (χ4v) is 4.49. The maximum Gasteiger partial charge on any atom is 0.261 e. The number of halogens is 1. The number of fused-ring (bicyclic) bond motifs is 2. The first kappa shape index (κ1) is 19.6. The van der Waals surface area contributed by atoms with Crippen LogP contribution in [0.5, 0.6) is 0 Å². The summed E-state index contributed by atoms with van der Waals surface area (Å²) >= 11 is 0. The van der Waals surface area contributed by atoms with Crippen molar-refractivity contribution in [2.75, 3.05) is 37.3 Å². The van der Waals surface area contributed by atoms with Crippen LogP contribution in [0.4, 0.5) is 15.8 Å². The number of nitrogen functional groups attached to an aromatic ring is 1. The molecule has 4 aromatic rings. The number of pyridine rings is 1. The number of H-pyrrole nitrogens is 2. The average molecular weight is 420 g/mol. The van der Waals surface area contributed by atoms with E-state index >= 15 is 0 Å². The molecule has 2 aromatic heterocycles. The maximum absolute atomic E-state index is 14.4. The van der Waals surface area contributed by atoms with Crippen molar-refractivity contribution in [1.82, 2.24) is 20.3 Å². The normalized spacial score (nSPS) is 16.8. The lowest BCUT2D eigenvalue weighted by molar-refractivity contribution is 0.381. The number of aromatic amines is 2. The quantitative estimate of drug-likeness (QED) is 0.406. The molecule has 31 heavy (non-hydrogen) atoms.